The fourth-order valence-electron chi connectivity index (χ4n) is 1.63. The first-order valence-electron chi connectivity index (χ1n) is 6.13. The maximum absolute atomic E-state index is 11.4. The maximum Gasteiger partial charge on any atom is 0.306 e. The Labute approximate surface area is 103 Å². The number of nitrogens with two attached hydrogens (primary N) is 1. The molecule has 94 valence electrons. The van der Waals surface area contributed by atoms with E-state index in [0.29, 0.717) is 19.6 Å². The van der Waals surface area contributed by atoms with Gasteiger partial charge < -0.3 is 10.5 Å². The molecule has 0 spiro atoms. The molecule has 0 fully saturated rings. The van der Waals surface area contributed by atoms with Gasteiger partial charge in [-0.3, -0.25) is 4.79 Å². The van der Waals surface area contributed by atoms with Gasteiger partial charge in [0.05, 0.1) is 0 Å². The summed E-state index contributed by atoms with van der Waals surface area (Å²) in [6.45, 7) is 3.09. The van der Waals surface area contributed by atoms with Gasteiger partial charge in [0.2, 0.25) is 0 Å². The second kappa shape index (κ2) is 7.85. The van der Waals surface area contributed by atoms with Crippen molar-refractivity contribution >= 4 is 5.97 Å². The third-order valence-electron chi connectivity index (χ3n) is 2.57. The number of hydrogen-bond donors (Lipinski definition) is 1. The molecule has 0 aliphatic carbocycles. The summed E-state index contributed by atoms with van der Waals surface area (Å²) in [6.07, 6.45) is 3.33. The highest BCUT2D eigenvalue weighted by Crippen LogP contribution is 2.07. The number of hydrogen-bond acceptors (Lipinski definition) is 3. The standard InChI is InChI=1S/C14H21NO2/c1-12-6-5-7-13(10-12)11-17-14(16)8-3-2-4-9-15/h5-7,10H,2-4,8-9,11,15H2,1H3. The average molecular weight is 235 g/mol. The molecule has 0 aliphatic rings. The van der Waals surface area contributed by atoms with Gasteiger partial charge in [-0.15, -0.1) is 0 Å². The van der Waals surface area contributed by atoms with Crippen LogP contribution in [0.25, 0.3) is 0 Å². The summed E-state index contributed by atoms with van der Waals surface area (Å²) in [5, 5.41) is 0. The molecule has 0 aromatic heterocycles. The van der Waals surface area contributed by atoms with Crippen LogP contribution in [0.3, 0.4) is 0 Å². The Kier molecular flexibility index (Phi) is 6.33. The number of ether oxygens (including phenoxy) is 1. The van der Waals surface area contributed by atoms with Crippen LogP contribution in [0.4, 0.5) is 0 Å². The Morgan fingerprint density at radius 2 is 2.12 bits per heavy atom. The maximum atomic E-state index is 11.4. The van der Waals surface area contributed by atoms with Crippen molar-refractivity contribution in [2.24, 2.45) is 5.73 Å². The van der Waals surface area contributed by atoms with E-state index < -0.39 is 0 Å². The van der Waals surface area contributed by atoms with E-state index in [4.69, 9.17) is 10.5 Å². The fourth-order valence-corrected chi connectivity index (χ4v) is 1.63. The minimum absolute atomic E-state index is 0.122. The van der Waals surface area contributed by atoms with Gasteiger partial charge in [-0.2, -0.15) is 0 Å². The monoisotopic (exact) mass is 235 g/mol. The number of carbonyl (C=O) groups is 1. The molecule has 2 N–H and O–H groups in total. The van der Waals surface area contributed by atoms with Gasteiger partial charge in [-0.1, -0.05) is 36.2 Å². The molecule has 3 heteroatoms. The van der Waals surface area contributed by atoms with Crippen LogP contribution in [-0.2, 0) is 16.1 Å². The normalized spacial score (nSPS) is 10.2. The number of aryl methyl sites for hydroxylation is 1. The molecule has 0 unspecified atom stereocenters. The molecule has 0 aliphatic heterocycles. The van der Waals surface area contributed by atoms with E-state index in [0.717, 1.165) is 24.8 Å². The minimum Gasteiger partial charge on any atom is -0.461 e. The zero-order valence-electron chi connectivity index (χ0n) is 10.4. The lowest BCUT2D eigenvalue weighted by Gasteiger charge is -2.05. The molecular formula is C14H21NO2. The Balaban J connectivity index is 2.19. The van der Waals surface area contributed by atoms with Gasteiger partial charge in [0.15, 0.2) is 0 Å². The molecule has 17 heavy (non-hydrogen) atoms. The van der Waals surface area contributed by atoms with Crippen molar-refractivity contribution in [2.75, 3.05) is 6.54 Å². The first kappa shape index (κ1) is 13.7. The summed E-state index contributed by atoms with van der Waals surface area (Å²) < 4.78 is 5.19. The Morgan fingerprint density at radius 3 is 2.82 bits per heavy atom. The van der Waals surface area contributed by atoms with E-state index in [2.05, 4.69) is 0 Å². The minimum atomic E-state index is -0.122. The first-order chi connectivity index (χ1) is 8.22. The predicted octanol–water partition coefficient (Wildman–Crippen LogP) is 2.56. The Bertz CT molecular complexity index is 350. The fraction of sp³-hybridized carbons (Fsp3) is 0.500. The van der Waals surface area contributed by atoms with Crippen LogP contribution in [0.15, 0.2) is 24.3 Å². The highest BCUT2D eigenvalue weighted by molar-refractivity contribution is 5.69. The molecule has 3 nitrogen and oxygen atoms in total. The second-order valence-corrected chi connectivity index (χ2v) is 4.25. The summed E-state index contributed by atoms with van der Waals surface area (Å²) in [7, 11) is 0. The van der Waals surface area contributed by atoms with E-state index in [1.54, 1.807) is 0 Å². The number of unbranched alkanes of at least 4 members (excludes halogenated alkanes) is 2. The highest BCUT2D eigenvalue weighted by Gasteiger charge is 2.03. The zero-order chi connectivity index (χ0) is 12.5. The third-order valence-corrected chi connectivity index (χ3v) is 2.57. The Morgan fingerprint density at radius 1 is 1.29 bits per heavy atom. The van der Waals surface area contributed by atoms with Crippen LogP contribution in [-0.4, -0.2) is 12.5 Å². The van der Waals surface area contributed by atoms with Gasteiger partial charge in [-0.05, 0) is 31.9 Å². The van der Waals surface area contributed by atoms with Crippen LogP contribution in [0.2, 0.25) is 0 Å². The van der Waals surface area contributed by atoms with Crippen molar-refractivity contribution in [3.8, 4) is 0 Å². The number of rotatable bonds is 7. The average Bonchev–Trinajstić information content (AvgIpc) is 2.32. The lowest BCUT2D eigenvalue weighted by molar-refractivity contribution is -0.145. The van der Waals surface area contributed by atoms with Gasteiger partial charge in [0.25, 0.3) is 0 Å². The number of benzene rings is 1. The van der Waals surface area contributed by atoms with Gasteiger partial charge in [-0.25, -0.2) is 0 Å². The first-order valence-corrected chi connectivity index (χ1v) is 6.13. The van der Waals surface area contributed by atoms with Crippen LogP contribution in [0, 0.1) is 6.92 Å². The van der Waals surface area contributed by atoms with Crippen LogP contribution in [0.1, 0.15) is 36.8 Å². The lowest BCUT2D eigenvalue weighted by Crippen LogP contribution is -2.05. The molecule has 0 saturated heterocycles. The SMILES string of the molecule is Cc1cccc(COC(=O)CCCCCN)c1. The molecule has 0 amide bonds. The van der Waals surface area contributed by atoms with Gasteiger partial charge >= 0.3 is 5.97 Å². The molecule has 0 atom stereocenters. The number of esters is 1. The van der Waals surface area contributed by atoms with Crippen molar-refractivity contribution in [3.05, 3.63) is 35.4 Å². The van der Waals surface area contributed by atoms with Gasteiger partial charge in [0, 0.05) is 6.42 Å². The molecule has 0 radical (unpaired) electrons. The van der Waals surface area contributed by atoms with E-state index in [1.807, 2.05) is 31.2 Å². The van der Waals surface area contributed by atoms with Crippen molar-refractivity contribution in [1.29, 1.82) is 0 Å². The molecule has 0 bridgehead atoms. The van der Waals surface area contributed by atoms with E-state index in [-0.39, 0.29) is 5.97 Å². The van der Waals surface area contributed by atoms with E-state index in [9.17, 15) is 4.79 Å². The van der Waals surface area contributed by atoms with Crippen LogP contribution < -0.4 is 5.73 Å². The Hall–Kier alpha value is -1.35. The van der Waals surface area contributed by atoms with Crippen molar-refractivity contribution in [3.63, 3.8) is 0 Å². The van der Waals surface area contributed by atoms with E-state index >= 15 is 0 Å². The van der Waals surface area contributed by atoms with E-state index in [1.165, 1.54) is 5.56 Å². The summed E-state index contributed by atoms with van der Waals surface area (Å²) in [5.74, 6) is -0.122. The molecule has 1 aromatic carbocycles. The molecule has 0 heterocycles. The van der Waals surface area contributed by atoms with Crippen molar-refractivity contribution < 1.29 is 9.53 Å². The predicted molar refractivity (Wildman–Crippen MR) is 68.5 cm³/mol. The van der Waals surface area contributed by atoms with Crippen LogP contribution in [0.5, 0.6) is 0 Å². The smallest absolute Gasteiger partial charge is 0.306 e. The largest absolute Gasteiger partial charge is 0.461 e. The summed E-state index contributed by atoms with van der Waals surface area (Å²) in [4.78, 5) is 11.4. The lowest BCUT2D eigenvalue weighted by atomic mass is 10.1. The number of carbonyl (C=O) groups excluding carboxylic acids is 1. The van der Waals surface area contributed by atoms with Crippen molar-refractivity contribution in [2.45, 2.75) is 39.2 Å². The summed E-state index contributed by atoms with van der Waals surface area (Å²) in [6, 6.07) is 7.99. The highest BCUT2D eigenvalue weighted by atomic mass is 16.5. The molecule has 1 aromatic rings. The summed E-state index contributed by atoms with van der Waals surface area (Å²) in [5.41, 5.74) is 7.60. The molecular weight excluding hydrogens is 214 g/mol. The quantitative estimate of drug-likeness (QED) is 0.583. The summed E-state index contributed by atoms with van der Waals surface area (Å²) >= 11 is 0. The zero-order valence-corrected chi connectivity index (χ0v) is 10.4. The molecule has 0 saturated carbocycles. The third kappa shape index (κ3) is 6.07. The van der Waals surface area contributed by atoms with Crippen LogP contribution >= 0.6 is 0 Å². The van der Waals surface area contributed by atoms with Gasteiger partial charge in [0.1, 0.15) is 6.61 Å². The topological polar surface area (TPSA) is 52.3 Å². The van der Waals surface area contributed by atoms with Crippen molar-refractivity contribution in [1.82, 2.24) is 0 Å². The molecule has 1 rings (SSSR count). The second-order valence-electron chi connectivity index (χ2n) is 4.25.